The van der Waals surface area contributed by atoms with Crippen LogP contribution < -0.4 is 15.8 Å². The minimum absolute atomic E-state index is 0.0886. The highest BCUT2D eigenvalue weighted by Gasteiger charge is 2.31. The van der Waals surface area contributed by atoms with Crippen LogP contribution >= 0.6 is 11.6 Å². The molecule has 5 rings (SSSR count). The van der Waals surface area contributed by atoms with E-state index in [0.717, 1.165) is 24.5 Å². The van der Waals surface area contributed by atoms with E-state index < -0.39 is 0 Å². The van der Waals surface area contributed by atoms with Gasteiger partial charge in [-0.15, -0.1) is 0 Å². The second-order valence-electron chi connectivity index (χ2n) is 7.10. The number of aromatic nitrogens is 1. The second-order valence-corrected chi connectivity index (χ2v) is 7.48. The summed E-state index contributed by atoms with van der Waals surface area (Å²) in [5, 5.41) is 4.93. The van der Waals surface area contributed by atoms with Gasteiger partial charge in [-0.2, -0.15) is 0 Å². The van der Waals surface area contributed by atoms with E-state index >= 15 is 0 Å². The lowest BCUT2D eigenvalue weighted by Gasteiger charge is -2.22. The third kappa shape index (κ3) is 3.11. The van der Waals surface area contributed by atoms with Gasteiger partial charge in [0.25, 0.3) is 0 Å². The number of benzene rings is 2. The van der Waals surface area contributed by atoms with Crippen molar-refractivity contribution in [2.24, 2.45) is 0 Å². The Labute approximate surface area is 178 Å². The van der Waals surface area contributed by atoms with Gasteiger partial charge in [-0.3, -0.25) is 20.0 Å². The van der Waals surface area contributed by atoms with Gasteiger partial charge >= 0.3 is 0 Å². The number of halogens is 1. The van der Waals surface area contributed by atoms with Gasteiger partial charge in [0.05, 0.1) is 5.69 Å². The van der Waals surface area contributed by atoms with Crippen LogP contribution in [0.1, 0.15) is 26.3 Å². The average Bonchev–Trinajstić information content (AvgIpc) is 3.18. The van der Waals surface area contributed by atoms with Crippen LogP contribution in [0, 0.1) is 0 Å². The molecule has 1 aliphatic carbocycles. The van der Waals surface area contributed by atoms with Crippen molar-refractivity contribution in [1.82, 2.24) is 4.98 Å². The number of allylic oxidation sites excluding steroid dienone is 2. The number of carbonyl (C=O) groups excluding carboxylic acids is 2. The summed E-state index contributed by atoms with van der Waals surface area (Å²) in [7, 11) is 0. The van der Waals surface area contributed by atoms with E-state index in [4.69, 9.17) is 11.6 Å². The summed E-state index contributed by atoms with van der Waals surface area (Å²) in [6, 6.07) is 18.2. The van der Waals surface area contributed by atoms with Gasteiger partial charge in [-0.1, -0.05) is 48.0 Å². The number of carbonyl (C=O) groups is 2. The minimum Gasteiger partial charge on any atom is -0.351 e. The van der Waals surface area contributed by atoms with Crippen LogP contribution in [0.3, 0.4) is 0 Å². The Morgan fingerprint density at radius 2 is 1.67 bits per heavy atom. The zero-order valence-corrected chi connectivity index (χ0v) is 16.6. The van der Waals surface area contributed by atoms with Gasteiger partial charge in [0, 0.05) is 29.6 Å². The van der Waals surface area contributed by atoms with Gasteiger partial charge in [0.15, 0.2) is 0 Å². The lowest BCUT2D eigenvalue weighted by molar-refractivity contribution is 0.0982. The van der Waals surface area contributed by atoms with Crippen LogP contribution in [-0.2, 0) is 6.42 Å². The van der Waals surface area contributed by atoms with Gasteiger partial charge in [-0.05, 0) is 36.2 Å². The van der Waals surface area contributed by atoms with Crippen LogP contribution in [0.15, 0.2) is 77.6 Å². The molecule has 7 heteroatoms. The molecule has 30 heavy (non-hydrogen) atoms. The SMILES string of the molecule is O=C1C(Cl)=C(Nc2cccc(NN3CCc4cccnc43)c2)C(=O)c2ccccc21. The van der Waals surface area contributed by atoms with Crippen molar-refractivity contribution in [3.05, 3.63) is 94.3 Å². The molecule has 0 atom stereocenters. The van der Waals surface area contributed by atoms with E-state index in [0.29, 0.717) is 16.8 Å². The molecular formula is C23H17ClN4O2. The fraction of sp³-hybridized carbons (Fsp3) is 0.0870. The average molecular weight is 417 g/mol. The Balaban J connectivity index is 1.40. The first kappa shape index (κ1) is 18.4. The quantitative estimate of drug-likeness (QED) is 0.656. The molecule has 3 aromatic rings. The van der Waals surface area contributed by atoms with E-state index in [1.807, 2.05) is 35.3 Å². The van der Waals surface area contributed by atoms with Crippen molar-refractivity contribution in [3.8, 4) is 0 Å². The summed E-state index contributed by atoms with van der Waals surface area (Å²) < 4.78 is 0. The molecule has 148 valence electrons. The van der Waals surface area contributed by atoms with E-state index in [2.05, 4.69) is 21.8 Å². The largest absolute Gasteiger partial charge is 0.351 e. The number of nitrogens with one attached hydrogen (secondary N) is 2. The van der Waals surface area contributed by atoms with Crippen LogP contribution in [0.2, 0.25) is 0 Å². The Kier molecular flexibility index (Phi) is 4.48. The number of Topliss-reactive ketones (excluding diaryl/α,β-unsaturated/α-hetero) is 2. The van der Waals surface area contributed by atoms with Crippen molar-refractivity contribution in [1.29, 1.82) is 0 Å². The van der Waals surface area contributed by atoms with Gasteiger partial charge in [0.1, 0.15) is 16.5 Å². The molecular weight excluding hydrogens is 400 g/mol. The summed E-state index contributed by atoms with van der Waals surface area (Å²) >= 11 is 6.25. The van der Waals surface area contributed by atoms with Gasteiger partial charge in [0.2, 0.25) is 11.6 Å². The Morgan fingerprint density at radius 1 is 0.900 bits per heavy atom. The second kappa shape index (κ2) is 7.31. The highest BCUT2D eigenvalue weighted by atomic mass is 35.5. The normalized spacial score (nSPS) is 15.2. The van der Waals surface area contributed by atoms with Crippen molar-refractivity contribution in [3.63, 3.8) is 0 Å². The molecule has 0 unspecified atom stereocenters. The molecule has 0 amide bonds. The monoisotopic (exact) mass is 416 g/mol. The molecule has 2 heterocycles. The maximum Gasteiger partial charge on any atom is 0.211 e. The number of hydrogen-bond donors (Lipinski definition) is 2. The van der Waals surface area contributed by atoms with Crippen LogP contribution in [0.25, 0.3) is 0 Å². The summed E-state index contributed by atoms with van der Waals surface area (Å²) in [4.78, 5) is 29.9. The molecule has 2 aromatic carbocycles. The van der Waals surface area contributed by atoms with Crippen LogP contribution in [0.5, 0.6) is 0 Å². The highest BCUT2D eigenvalue weighted by molar-refractivity contribution is 6.50. The number of hydrogen-bond acceptors (Lipinski definition) is 6. The molecule has 0 spiro atoms. The first-order chi connectivity index (χ1) is 14.6. The molecule has 1 aliphatic heterocycles. The summed E-state index contributed by atoms with van der Waals surface area (Å²) in [6.45, 7) is 0.810. The zero-order chi connectivity index (χ0) is 20.7. The van der Waals surface area contributed by atoms with Crippen molar-refractivity contribution < 1.29 is 9.59 Å². The fourth-order valence-electron chi connectivity index (χ4n) is 3.74. The molecule has 0 saturated carbocycles. The molecule has 0 fully saturated rings. The highest BCUT2D eigenvalue weighted by Crippen LogP contribution is 2.31. The molecule has 6 nitrogen and oxygen atoms in total. The number of anilines is 3. The molecule has 2 aliphatic rings. The smallest absolute Gasteiger partial charge is 0.211 e. The van der Waals surface area contributed by atoms with Crippen LogP contribution in [0.4, 0.5) is 17.2 Å². The lowest BCUT2D eigenvalue weighted by atomic mass is 9.92. The fourth-order valence-corrected chi connectivity index (χ4v) is 3.97. The van der Waals surface area contributed by atoms with E-state index in [1.165, 1.54) is 5.56 Å². The van der Waals surface area contributed by atoms with Crippen molar-refractivity contribution in [2.75, 3.05) is 22.3 Å². The van der Waals surface area contributed by atoms with Crippen molar-refractivity contribution in [2.45, 2.75) is 6.42 Å². The van der Waals surface area contributed by atoms with Crippen LogP contribution in [-0.4, -0.2) is 23.1 Å². The topological polar surface area (TPSA) is 74.3 Å². The molecule has 0 saturated heterocycles. The van der Waals surface area contributed by atoms with E-state index in [9.17, 15) is 9.59 Å². The van der Waals surface area contributed by atoms with E-state index in [1.54, 1.807) is 30.5 Å². The standard InChI is InChI=1S/C23H17ClN4O2/c24-19-20(22(30)18-9-2-1-8-17(18)21(19)29)26-15-6-3-7-16(13-15)27-28-12-10-14-5-4-11-25-23(14)28/h1-9,11,13,26-27H,10,12H2. The number of hydrazine groups is 1. The number of pyridine rings is 1. The Bertz CT molecular complexity index is 1220. The number of rotatable bonds is 4. The number of nitrogens with zero attached hydrogens (tertiary/aromatic N) is 2. The third-order valence-corrected chi connectivity index (χ3v) is 5.55. The number of ketones is 2. The van der Waals surface area contributed by atoms with E-state index in [-0.39, 0.29) is 22.3 Å². The summed E-state index contributed by atoms with van der Waals surface area (Å²) in [6.07, 6.45) is 2.70. The van der Waals surface area contributed by atoms with Gasteiger partial charge < -0.3 is 5.32 Å². The third-order valence-electron chi connectivity index (χ3n) is 5.19. The summed E-state index contributed by atoms with van der Waals surface area (Å²) in [5.74, 6) is 0.251. The Hall–Kier alpha value is -3.64. The maximum absolute atomic E-state index is 12.9. The molecule has 0 radical (unpaired) electrons. The van der Waals surface area contributed by atoms with Crippen molar-refractivity contribution >= 4 is 40.4 Å². The maximum atomic E-state index is 12.9. The molecule has 0 bridgehead atoms. The molecule has 1 aromatic heterocycles. The molecule has 2 N–H and O–H groups in total. The predicted molar refractivity (Wildman–Crippen MR) is 117 cm³/mol. The van der Waals surface area contributed by atoms with Gasteiger partial charge in [-0.25, -0.2) is 4.98 Å². The lowest BCUT2D eigenvalue weighted by Crippen LogP contribution is -2.28. The minimum atomic E-state index is -0.358. The summed E-state index contributed by atoms with van der Waals surface area (Å²) in [5.41, 5.74) is 6.79. The Morgan fingerprint density at radius 3 is 2.50 bits per heavy atom. The first-order valence-corrected chi connectivity index (χ1v) is 9.93. The first-order valence-electron chi connectivity index (χ1n) is 9.55. The number of fused-ring (bicyclic) bond motifs is 2. The zero-order valence-electron chi connectivity index (χ0n) is 15.9. The predicted octanol–water partition coefficient (Wildman–Crippen LogP) is 4.41.